The molecule has 1 aliphatic rings. The van der Waals surface area contributed by atoms with Crippen molar-refractivity contribution in [3.8, 4) is 10.6 Å². The van der Waals surface area contributed by atoms with E-state index in [0.717, 1.165) is 10.6 Å². The number of fused-ring (bicyclic) bond motifs is 1. The zero-order valence-corrected chi connectivity index (χ0v) is 13.4. The van der Waals surface area contributed by atoms with Crippen LogP contribution in [0.3, 0.4) is 0 Å². The molecule has 4 unspecified atom stereocenters. The highest BCUT2D eigenvalue weighted by atomic mass is 32.1. The molecule has 9 heteroatoms. The van der Waals surface area contributed by atoms with Crippen LogP contribution in [-0.2, 0) is 11.3 Å². The molecule has 8 nitrogen and oxygen atoms in total. The fourth-order valence-electron chi connectivity index (χ4n) is 2.93. The number of rotatable bonds is 4. The SMILES string of the molecule is OCC1OC(Cn2cnc3c(-c4cccs4)ncnc32)C(O)C1O. The lowest BCUT2D eigenvalue weighted by atomic mass is 10.1. The van der Waals surface area contributed by atoms with Gasteiger partial charge in [0.1, 0.15) is 42.0 Å². The zero-order valence-electron chi connectivity index (χ0n) is 12.6. The van der Waals surface area contributed by atoms with Crippen molar-refractivity contribution in [1.29, 1.82) is 0 Å². The minimum Gasteiger partial charge on any atom is -0.394 e. The van der Waals surface area contributed by atoms with E-state index < -0.39 is 24.4 Å². The Morgan fingerprint density at radius 1 is 1.17 bits per heavy atom. The lowest BCUT2D eigenvalue weighted by Crippen LogP contribution is -2.35. The number of ether oxygens (including phenoxy) is 1. The maximum atomic E-state index is 10.1. The average molecular weight is 348 g/mol. The summed E-state index contributed by atoms with van der Waals surface area (Å²) in [4.78, 5) is 14.0. The Hall–Kier alpha value is -1.91. The Morgan fingerprint density at radius 2 is 2.00 bits per heavy atom. The smallest absolute Gasteiger partial charge is 0.163 e. The highest BCUT2D eigenvalue weighted by molar-refractivity contribution is 7.13. The number of aromatic nitrogens is 4. The van der Waals surface area contributed by atoms with E-state index in [9.17, 15) is 15.3 Å². The molecule has 0 radical (unpaired) electrons. The molecule has 0 bridgehead atoms. The van der Waals surface area contributed by atoms with E-state index in [1.54, 1.807) is 22.2 Å². The normalized spacial score (nSPS) is 27.1. The minimum atomic E-state index is -1.11. The molecule has 0 spiro atoms. The van der Waals surface area contributed by atoms with Crippen molar-refractivity contribution < 1.29 is 20.1 Å². The molecule has 24 heavy (non-hydrogen) atoms. The van der Waals surface area contributed by atoms with Gasteiger partial charge in [-0.15, -0.1) is 11.3 Å². The van der Waals surface area contributed by atoms with Gasteiger partial charge in [0.2, 0.25) is 0 Å². The molecule has 4 rings (SSSR count). The molecule has 1 fully saturated rings. The summed E-state index contributed by atoms with van der Waals surface area (Å²) in [5.41, 5.74) is 2.06. The van der Waals surface area contributed by atoms with Crippen molar-refractivity contribution >= 4 is 22.5 Å². The van der Waals surface area contributed by atoms with Crippen molar-refractivity contribution in [2.75, 3.05) is 6.61 Å². The van der Waals surface area contributed by atoms with E-state index in [1.165, 1.54) is 6.33 Å². The molecule has 0 aliphatic carbocycles. The molecule has 1 aliphatic heterocycles. The second-order valence-corrected chi connectivity index (χ2v) is 6.59. The van der Waals surface area contributed by atoms with Crippen LogP contribution in [0.5, 0.6) is 0 Å². The topological polar surface area (TPSA) is 114 Å². The number of hydrogen-bond donors (Lipinski definition) is 3. The number of nitrogens with zero attached hydrogens (tertiary/aromatic N) is 4. The fraction of sp³-hybridized carbons (Fsp3) is 0.400. The average Bonchev–Trinajstić information content (AvgIpc) is 3.31. The van der Waals surface area contributed by atoms with E-state index in [0.29, 0.717) is 11.2 Å². The van der Waals surface area contributed by atoms with Crippen LogP contribution in [0, 0.1) is 0 Å². The highest BCUT2D eigenvalue weighted by Crippen LogP contribution is 2.29. The van der Waals surface area contributed by atoms with Crippen molar-refractivity contribution in [3.63, 3.8) is 0 Å². The predicted molar refractivity (Wildman–Crippen MR) is 86.4 cm³/mol. The Kier molecular flexibility index (Phi) is 4.02. The van der Waals surface area contributed by atoms with Gasteiger partial charge in [-0.1, -0.05) is 6.07 Å². The van der Waals surface area contributed by atoms with Gasteiger partial charge in [-0.05, 0) is 11.4 Å². The van der Waals surface area contributed by atoms with Gasteiger partial charge >= 0.3 is 0 Å². The second kappa shape index (κ2) is 6.19. The monoisotopic (exact) mass is 348 g/mol. The summed E-state index contributed by atoms with van der Waals surface area (Å²) in [6, 6.07) is 3.92. The van der Waals surface area contributed by atoms with Gasteiger partial charge in [0.05, 0.1) is 24.4 Å². The van der Waals surface area contributed by atoms with E-state index >= 15 is 0 Å². The number of aliphatic hydroxyl groups excluding tert-OH is 3. The third kappa shape index (κ3) is 2.50. The molecule has 3 aromatic rings. The molecule has 3 aromatic heterocycles. The van der Waals surface area contributed by atoms with E-state index in [1.807, 2.05) is 17.5 Å². The third-order valence-electron chi connectivity index (χ3n) is 4.17. The van der Waals surface area contributed by atoms with Crippen LogP contribution in [0.1, 0.15) is 0 Å². The largest absolute Gasteiger partial charge is 0.394 e. The maximum Gasteiger partial charge on any atom is 0.163 e. The summed E-state index contributed by atoms with van der Waals surface area (Å²) in [7, 11) is 0. The van der Waals surface area contributed by atoms with Crippen LogP contribution in [0.25, 0.3) is 21.7 Å². The molecule has 0 amide bonds. The molecular formula is C15H16N4O4S. The first-order valence-corrected chi connectivity index (χ1v) is 8.39. The lowest BCUT2D eigenvalue weighted by Gasteiger charge is -2.15. The Bertz CT molecular complexity index is 837. The van der Waals surface area contributed by atoms with Gasteiger partial charge in [0, 0.05) is 0 Å². The van der Waals surface area contributed by atoms with Crippen molar-refractivity contribution in [3.05, 3.63) is 30.2 Å². The van der Waals surface area contributed by atoms with Gasteiger partial charge in [0.15, 0.2) is 5.65 Å². The molecule has 0 aromatic carbocycles. The molecule has 1 saturated heterocycles. The summed E-state index contributed by atoms with van der Waals surface area (Å²) in [6.07, 6.45) is -0.506. The van der Waals surface area contributed by atoms with Crippen LogP contribution >= 0.6 is 11.3 Å². The first-order chi connectivity index (χ1) is 11.7. The van der Waals surface area contributed by atoms with E-state index in [-0.39, 0.29) is 13.2 Å². The summed E-state index contributed by atoms with van der Waals surface area (Å²) >= 11 is 1.57. The molecule has 0 saturated carbocycles. The van der Waals surface area contributed by atoms with E-state index in [2.05, 4.69) is 15.0 Å². The minimum absolute atomic E-state index is 0.270. The van der Waals surface area contributed by atoms with Gasteiger partial charge < -0.3 is 24.6 Å². The van der Waals surface area contributed by atoms with Crippen LogP contribution in [0.4, 0.5) is 0 Å². The van der Waals surface area contributed by atoms with E-state index in [4.69, 9.17) is 4.74 Å². The van der Waals surface area contributed by atoms with Crippen LogP contribution in [-0.4, -0.2) is 65.9 Å². The number of imidazole rings is 1. The summed E-state index contributed by atoms with van der Waals surface area (Å²) < 4.78 is 7.28. The highest BCUT2D eigenvalue weighted by Gasteiger charge is 2.42. The van der Waals surface area contributed by atoms with Crippen molar-refractivity contribution in [2.45, 2.75) is 31.0 Å². The van der Waals surface area contributed by atoms with Crippen molar-refractivity contribution in [2.24, 2.45) is 0 Å². The maximum absolute atomic E-state index is 10.1. The molecule has 4 heterocycles. The van der Waals surface area contributed by atoms with Gasteiger partial charge in [0.25, 0.3) is 0 Å². The second-order valence-electron chi connectivity index (χ2n) is 5.65. The predicted octanol–water partition coefficient (Wildman–Crippen LogP) is 0.0363. The van der Waals surface area contributed by atoms with Gasteiger partial charge in [-0.3, -0.25) is 0 Å². The molecular weight excluding hydrogens is 332 g/mol. The molecule has 126 valence electrons. The van der Waals surface area contributed by atoms with Crippen LogP contribution in [0.2, 0.25) is 0 Å². The van der Waals surface area contributed by atoms with Crippen LogP contribution in [0.15, 0.2) is 30.2 Å². The number of aliphatic hydroxyl groups is 3. The standard InChI is InChI=1S/C15H16N4O4S/c20-5-9-14(22)13(21)8(23-9)4-19-7-18-12-11(10-2-1-3-24-10)16-6-17-15(12)19/h1-3,6-9,13-14,20-22H,4-5H2. The molecule has 3 N–H and O–H groups in total. The third-order valence-corrected chi connectivity index (χ3v) is 5.05. The first-order valence-electron chi connectivity index (χ1n) is 7.51. The van der Waals surface area contributed by atoms with Gasteiger partial charge in [-0.25, -0.2) is 15.0 Å². The van der Waals surface area contributed by atoms with Crippen LogP contribution < -0.4 is 0 Å². The summed E-state index contributed by atoms with van der Waals surface area (Å²) in [6.45, 7) is -0.0732. The van der Waals surface area contributed by atoms with Gasteiger partial charge in [-0.2, -0.15) is 0 Å². The Morgan fingerprint density at radius 3 is 2.71 bits per heavy atom. The Balaban J connectivity index is 1.66. The number of thiophene rings is 1. The quantitative estimate of drug-likeness (QED) is 0.610. The summed E-state index contributed by atoms with van der Waals surface area (Å²) in [5.74, 6) is 0. The Labute approximate surface area is 141 Å². The lowest BCUT2D eigenvalue weighted by molar-refractivity contribution is -0.0262. The van der Waals surface area contributed by atoms with Crippen molar-refractivity contribution in [1.82, 2.24) is 19.5 Å². The first kappa shape index (κ1) is 15.6. The molecule has 4 atom stereocenters. The number of hydrogen-bond acceptors (Lipinski definition) is 8. The fourth-order valence-corrected chi connectivity index (χ4v) is 3.65. The zero-order chi connectivity index (χ0) is 16.7. The summed E-state index contributed by atoms with van der Waals surface area (Å²) in [5, 5.41) is 31.1.